The van der Waals surface area contributed by atoms with E-state index in [1.165, 1.54) is 43.4 Å². The van der Waals surface area contributed by atoms with Crippen LogP contribution in [-0.2, 0) is 9.59 Å². The summed E-state index contributed by atoms with van der Waals surface area (Å²) in [6.07, 6.45) is 4.00. The number of amides is 2. The number of rotatable bonds is 6. The van der Waals surface area contributed by atoms with Crippen molar-refractivity contribution in [1.29, 1.82) is 0 Å². The largest absolute Gasteiger partial charge is 0.497 e. The van der Waals surface area contributed by atoms with Crippen LogP contribution >= 0.6 is 0 Å². The summed E-state index contributed by atoms with van der Waals surface area (Å²) in [4.78, 5) is 32.9. The Labute approximate surface area is 186 Å². The van der Waals surface area contributed by atoms with Crippen LogP contribution in [0.1, 0.15) is 49.3 Å². The van der Waals surface area contributed by atoms with E-state index in [9.17, 15) is 14.0 Å². The molecule has 1 fully saturated rings. The first-order valence-corrected chi connectivity index (χ1v) is 10.6. The second-order valence-corrected chi connectivity index (χ2v) is 8.10. The number of benzene rings is 2. The Morgan fingerprint density at radius 2 is 1.78 bits per heavy atom. The highest BCUT2D eigenvalue weighted by Gasteiger charge is 2.52. The molecule has 2 aromatic carbocycles. The fourth-order valence-electron chi connectivity index (χ4n) is 4.70. The van der Waals surface area contributed by atoms with Gasteiger partial charge in [-0.15, -0.1) is 0 Å². The van der Waals surface area contributed by atoms with Gasteiger partial charge in [-0.2, -0.15) is 0 Å². The van der Waals surface area contributed by atoms with Crippen LogP contribution in [0.2, 0.25) is 0 Å². The summed E-state index contributed by atoms with van der Waals surface area (Å²) in [6.45, 7) is 0. The number of halogens is 1. The highest BCUT2D eigenvalue weighted by molar-refractivity contribution is 6.47. The van der Waals surface area contributed by atoms with Crippen molar-refractivity contribution in [3.8, 4) is 11.5 Å². The highest BCUT2D eigenvalue weighted by Crippen LogP contribution is 2.46. The number of nitrogens with zero attached hydrogens (tertiary/aromatic N) is 2. The van der Waals surface area contributed by atoms with Gasteiger partial charge in [0.05, 0.1) is 14.2 Å². The summed E-state index contributed by atoms with van der Waals surface area (Å²) in [6, 6.07) is 9.60. The molecule has 4 rings (SSSR count). The molecule has 2 N–H and O–H groups in total. The lowest BCUT2D eigenvalue weighted by Gasteiger charge is -2.42. The Hall–Kier alpha value is -3.42. The molecule has 1 aliphatic carbocycles. The minimum absolute atomic E-state index is 0.214. The number of carbonyl (C=O) groups excluding carboxylic acids is 2. The number of carbonyl (C=O) groups is 2. The van der Waals surface area contributed by atoms with Crippen molar-refractivity contribution in [3.63, 3.8) is 0 Å². The SMILES string of the molecule is COc1ccc(C(C(N)=O)N2C(=O)C(c3ccc(F)cc3)=NC23CCCCC3)c(OC)c1. The molecule has 1 spiro atoms. The molecular weight excluding hydrogens is 413 g/mol. The zero-order valence-corrected chi connectivity index (χ0v) is 18.1. The van der Waals surface area contributed by atoms with Crippen molar-refractivity contribution in [2.75, 3.05) is 14.2 Å². The lowest BCUT2D eigenvalue weighted by atomic mass is 9.86. The standard InChI is InChI=1S/C24H26FN3O4/c1-31-17-10-11-18(19(14-17)32-2)21(22(26)29)28-23(30)20(15-6-8-16(25)9-7-15)27-24(28)12-4-3-5-13-24/h6-11,14,21H,3-5,12-13H2,1-2H3,(H2,26,29). The van der Waals surface area contributed by atoms with Crippen molar-refractivity contribution >= 4 is 17.5 Å². The monoisotopic (exact) mass is 439 g/mol. The lowest BCUT2D eigenvalue weighted by molar-refractivity contribution is -0.141. The van der Waals surface area contributed by atoms with Crippen LogP contribution in [0.4, 0.5) is 4.39 Å². The first-order valence-electron chi connectivity index (χ1n) is 10.6. The number of primary amides is 1. The van der Waals surface area contributed by atoms with Gasteiger partial charge < -0.3 is 15.2 Å². The number of aliphatic imine (C=N–C) groups is 1. The second kappa shape index (κ2) is 8.61. The first-order chi connectivity index (χ1) is 15.4. The van der Waals surface area contributed by atoms with E-state index in [4.69, 9.17) is 20.2 Å². The Morgan fingerprint density at radius 3 is 2.38 bits per heavy atom. The van der Waals surface area contributed by atoms with E-state index < -0.39 is 29.3 Å². The molecular formula is C24H26FN3O4. The second-order valence-electron chi connectivity index (χ2n) is 8.10. The molecule has 1 aliphatic heterocycles. The molecule has 168 valence electrons. The molecule has 2 aromatic rings. The third kappa shape index (κ3) is 3.70. The van der Waals surface area contributed by atoms with Crippen molar-refractivity contribution < 1.29 is 23.5 Å². The van der Waals surface area contributed by atoms with Crippen molar-refractivity contribution in [3.05, 3.63) is 59.4 Å². The average Bonchev–Trinajstić information content (AvgIpc) is 3.06. The number of methoxy groups -OCH3 is 2. The summed E-state index contributed by atoms with van der Waals surface area (Å²) >= 11 is 0. The van der Waals surface area contributed by atoms with E-state index in [1.807, 2.05) is 0 Å². The van der Waals surface area contributed by atoms with Gasteiger partial charge in [0.15, 0.2) is 0 Å². The van der Waals surface area contributed by atoms with Crippen LogP contribution in [0.3, 0.4) is 0 Å². The van der Waals surface area contributed by atoms with Crippen LogP contribution in [0.15, 0.2) is 47.5 Å². The summed E-state index contributed by atoms with van der Waals surface area (Å²) < 4.78 is 24.2. The van der Waals surface area contributed by atoms with Gasteiger partial charge in [-0.25, -0.2) is 4.39 Å². The third-order valence-corrected chi connectivity index (χ3v) is 6.22. The van der Waals surface area contributed by atoms with E-state index in [2.05, 4.69) is 0 Å². The van der Waals surface area contributed by atoms with Crippen LogP contribution in [0, 0.1) is 5.82 Å². The van der Waals surface area contributed by atoms with Gasteiger partial charge in [-0.1, -0.05) is 6.42 Å². The zero-order chi connectivity index (χ0) is 22.9. The third-order valence-electron chi connectivity index (χ3n) is 6.22. The number of hydrogen-bond acceptors (Lipinski definition) is 5. The molecule has 0 bridgehead atoms. The number of nitrogens with two attached hydrogens (primary N) is 1. The fourth-order valence-corrected chi connectivity index (χ4v) is 4.70. The van der Waals surface area contributed by atoms with E-state index >= 15 is 0 Å². The van der Waals surface area contributed by atoms with E-state index in [0.717, 1.165) is 19.3 Å². The minimum atomic E-state index is -1.08. The van der Waals surface area contributed by atoms with Crippen LogP contribution in [0.5, 0.6) is 11.5 Å². The molecule has 1 saturated carbocycles. The molecule has 2 aliphatic rings. The van der Waals surface area contributed by atoms with Gasteiger partial charge in [0, 0.05) is 17.2 Å². The molecule has 32 heavy (non-hydrogen) atoms. The lowest BCUT2D eigenvalue weighted by Crippen LogP contribution is -2.53. The molecule has 1 atom stereocenters. The smallest absolute Gasteiger partial charge is 0.275 e. The maximum atomic E-state index is 13.7. The molecule has 0 saturated heterocycles. The average molecular weight is 439 g/mol. The summed E-state index contributed by atoms with van der Waals surface area (Å²) in [5.41, 5.74) is 6.18. The van der Waals surface area contributed by atoms with Crippen LogP contribution in [-0.4, -0.2) is 42.3 Å². The van der Waals surface area contributed by atoms with Gasteiger partial charge >= 0.3 is 0 Å². The predicted octanol–water partition coefficient (Wildman–Crippen LogP) is 3.36. The first kappa shape index (κ1) is 21.8. The van der Waals surface area contributed by atoms with Gasteiger partial charge in [0.1, 0.15) is 34.7 Å². The van der Waals surface area contributed by atoms with E-state index in [-0.39, 0.29) is 5.71 Å². The van der Waals surface area contributed by atoms with Gasteiger partial charge in [0.2, 0.25) is 5.91 Å². The molecule has 0 radical (unpaired) electrons. The summed E-state index contributed by atoms with van der Waals surface area (Å²) in [7, 11) is 3.02. The van der Waals surface area contributed by atoms with Gasteiger partial charge in [-0.3, -0.25) is 19.5 Å². The highest BCUT2D eigenvalue weighted by atomic mass is 19.1. The van der Waals surface area contributed by atoms with Crippen molar-refractivity contribution in [2.24, 2.45) is 10.7 Å². The Kier molecular flexibility index (Phi) is 5.86. The fraction of sp³-hybridized carbons (Fsp3) is 0.375. The van der Waals surface area contributed by atoms with E-state index in [0.29, 0.717) is 35.5 Å². The maximum absolute atomic E-state index is 13.7. The Bertz CT molecular complexity index is 1060. The van der Waals surface area contributed by atoms with E-state index in [1.54, 1.807) is 18.2 Å². The maximum Gasteiger partial charge on any atom is 0.275 e. The topological polar surface area (TPSA) is 94.2 Å². The molecule has 2 amide bonds. The van der Waals surface area contributed by atoms with Crippen LogP contribution < -0.4 is 15.2 Å². The summed E-state index contributed by atoms with van der Waals surface area (Å²) in [5.74, 6) is -0.538. The normalized spacial score (nSPS) is 18.4. The summed E-state index contributed by atoms with van der Waals surface area (Å²) in [5, 5.41) is 0. The van der Waals surface area contributed by atoms with Crippen molar-refractivity contribution in [1.82, 2.24) is 4.90 Å². The minimum Gasteiger partial charge on any atom is -0.497 e. The molecule has 7 nitrogen and oxygen atoms in total. The number of ether oxygens (including phenoxy) is 2. The predicted molar refractivity (Wildman–Crippen MR) is 117 cm³/mol. The molecule has 0 aromatic heterocycles. The Balaban J connectivity index is 1.84. The quantitative estimate of drug-likeness (QED) is 0.747. The van der Waals surface area contributed by atoms with Gasteiger partial charge in [-0.05, 0) is 62.1 Å². The Morgan fingerprint density at radius 1 is 1.09 bits per heavy atom. The van der Waals surface area contributed by atoms with Crippen molar-refractivity contribution in [2.45, 2.75) is 43.8 Å². The molecule has 1 heterocycles. The van der Waals surface area contributed by atoms with Crippen LogP contribution in [0.25, 0.3) is 0 Å². The molecule has 1 unspecified atom stereocenters. The zero-order valence-electron chi connectivity index (χ0n) is 18.1. The number of hydrogen-bond donors (Lipinski definition) is 1. The molecule has 8 heteroatoms. The van der Waals surface area contributed by atoms with Gasteiger partial charge in [0.25, 0.3) is 5.91 Å².